The summed E-state index contributed by atoms with van der Waals surface area (Å²) in [5.41, 5.74) is 5.10. The Hall–Kier alpha value is -1.11. The van der Waals surface area contributed by atoms with Crippen LogP contribution in [-0.4, -0.2) is 12.3 Å². The van der Waals surface area contributed by atoms with E-state index in [0.29, 0.717) is 17.4 Å². The van der Waals surface area contributed by atoms with Crippen LogP contribution in [0.5, 0.6) is 0 Å². The first-order chi connectivity index (χ1) is 14.3. The molecular weight excluding hydrogens is 362 g/mol. The lowest BCUT2D eigenvalue weighted by Crippen LogP contribution is -2.27. The van der Waals surface area contributed by atoms with Gasteiger partial charge < -0.3 is 0 Å². The van der Waals surface area contributed by atoms with Crippen molar-refractivity contribution in [2.45, 2.75) is 124 Å². The third-order valence-corrected chi connectivity index (χ3v) is 7.75. The number of hydrogen-bond acceptors (Lipinski definition) is 1. The predicted octanol–water partition coefficient (Wildman–Crippen LogP) is 8.74. The minimum atomic E-state index is 0.449. The largest absolute Gasteiger partial charge is 0.289 e. The zero-order chi connectivity index (χ0) is 21.6. The van der Waals surface area contributed by atoms with Gasteiger partial charge in [-0.2, -0.15) is 0 Å². The van der Waals surface area contributed by atoms with E-state index in [9.17, 15) is 0 Å². The Balaban J connectivity index is 1.76. The van der Waals surface area contributed by atoms with Crippen LogP contribution in [0.1, 0.15) is 128 Å². The molecule has 1 aromatic carbocycles. The third kappa shape index (κ3) is 6.69. The van der Waals surface area contributed by atoms with Crippen molar-refractivity contribution in [3.05, 3.63) is 34.9 Å². The Morgan fingerprint density at radius 3 is 2.13 bits per heavy atom. The molecule has 2 aliphatic carbocycles. The van der Waals surface area contributed by atoms with E-state index in [1.54, 1.807) is 11.1 Å². The van der Waals surface area contributed by atoms with Gasteiger partial charge in [-0.3, -0.25) is 4.99 Å². The lowest BCUT2D eigenvalue weighted by molar-refractivity contribution is 0.170. The monoisotopic (exact) mass is 409 g/mol. The Labute approximate surface area is 187 Å². The van der Waals surface area contributed by atoms with Crippen LogP contribution in [0, 0.1) is 17.3 Å². The highest BCUT2D eigenvalue weighted by Gasteiger charge is 2.29. The fourth-order valence-corrected chi connectivity index (χ4v) is 5.81. The highest BCUT2D eigenvalue weighted by molar-refractivity contribution is 5.82. The van der Waals surface area contributed by atoms with E-state index in [0.717, 1.165) is 11.8 Å². The van der Waals surface area contributed by atoms with Gasteiger partial charge in [0.1, 0.15) is 0 Å². The van der Waals surface area contributed by atoms with Crippen LogP contribution < -0.4 is 0 Å². The van der Waals surface area contributed by atoms with Gasteiger partial charge in [0.15, 0.2) is 0 Å². The number of rotatable bonds is 5. The van der Waals surface area contributed by atoms with E-state index in [1.165, 1.54) is 82.6 Å². The molecule has 0 saturated heterocycles. The number of nitrogens with zero attached hydrogens (tertiary/aromatic N) is 1. The van der Waals surface area contributed by atoms with E-state index in [-0.39, 0.29) is 0 Å². The van der Waals surface area contributed by atoms with E-state index in [4.69, 9.17) is 4.99 Å². The van der Waals surface area contributed by atoms with Gasteiger partial charge in [0, 0.05) is 12.3 Å². The van der Waals surface area contributed by atoms with Gasteiger partial charge in [-0.15, -0.1) is 0 Å². The highest BCUT2D eigenvalue weighted by atomic mass is 14.8. The first kappa shape index (κ1) is 23.6. The van der Waals surface area contributed by atoms with Crippen molar-refractivity contribution in [3.63, 3.8) is 0 Å². The van der Waals surface area contributed by atoms with Gasteiger partial charge in [0.25, 0.3) is 0 Å². The van der Waals surface area contributed by atoms with Crippen LogP contribution in [0.25, 0.3) is 0 Å². The molecule has 30 heavy (non-hydrogen) atoms. The Morgan fingerprint density at radius 2 is 1.53 bits per heavy atom. The normalized spacial score (nSPS) is 24.9. The summed E-state index contributed by atoms with van der Waals surface area (Å²) in [5, 5.41) is 0. The maximum atomic E-state index is 5.13. The summed E-state index contributed by atoms with van der Waals surface area (Å²) in [6.07, 6.45) is 18.5. The molecule has 0 heterocycles. The van der Waals surface area contributed by atoms with Crippen molar-refractivity contribution >= 4 is 6.21 Å². The van der Waals surface area contributed by atoms with Gasteiger partial charge in [0.05, 0.1) is 0 Å². The Kier molecular flexibility index (Phi) is 8.61. The molecule has 0 unspecified atom stereocenters. The Morgan fingerprint density at radius 1 is 0.900 bits per heavy atom. The summed E-state index contributed by atoms with van der Waals surface area (Å²) in [7, 11) is 0. The van der Waals surface area contributed by atoms with Crippen LogP contribution >= 0.6 is 0 Å². The van der Waals surface area contributed by atoms with Crippen LogP contribution in [0.4, 0.5) is 0 Å². The lowest BCUT2D eigenvalue weighted by atomic mass is 9.71. The van der Waals surface area contributed by atoms with Crippen molar-refractivity contribution in [1.82, 2.24) is 0 Å². The van der Waals surface area contributed by atoms with E-state index in [2.05, 4.69) is 59.0 Å². The quantitative estimate of drug-likeness (QED) is 0.431. The second kappa shape index (κ2) is 11.0. The molecule has 0 atom stereocenters. The molecule has 0 amide bonds. The fourth-order valence-electron chi connectivity index (χ4n) is 5.81. The maximum Gasteiger partial charge on any atom is 0.0500 e. The SMILES string of the molecule is CC(C)Cc1c(C=NC2CCC(C(C)(C)C)CC2)cccc1C1CCCCCCC1. The standard InChI is InChI=1S/C29H47N/c1-22(2)20-28-24(21-30-26-18-16-25(17-19-26)29(3,4)5)14-11-15-27(28)23-12-9-7-6-8-10-13-23/h11,14-15,21-23,25-26H,6-10,12-13,16-20H2,1-5H3. The van der Waals surface area contributed by atoms with Crippen molar-refractivity contribution < 1.29 is 0 Å². The minimum Gasteiger partial charge on any atom is -0.289 e. The zero-order valence-electron chi connectivity index (χ0n) is 20.6. The highest BCUT2D eigenvalue weighted by Crippen LogP contribution is 2.39. The van der Waals surface area contributed by atoms with Gasteiger partial charge in [0.2, 0.25) is 0 Å². The van der Waals surface area contributed by atoms with Crippen molar-refractivity contribution in [3.8, 4) is 0 Å². The molecule has 0 aromatic heterocycles. The first-order valence-electron chi connectivity index (χ1n) is 13.0. The topological polar surface area (TPSA) is 12.4 Å². The third-order valence-electron chi connectivity index (χ3n) is 7.75. The molecule has 1 heteroatoms. The van der Waals surface area contributed by atoms with Gasteiger partial charge >= 0.3 is 0 Å². The molecule has 2 saturated carbocycles. The zero-order valence-corrected chi connectivity index (χ0v) is 20.6. The van der Waals surface area contributed by atoms with Crippen LogP contribution in [0.3, 0.4) is 0 Å². The summed E-state index contributed by atoms with van der Waals surface area (Å²) in [6, 6.07) is 7.60. The maximum absolute atomic E-state index is 5.13. The molecule has 0 radical (unpaired) electrons. The first-order valence-corrected chi connectivity index (χ1v) is 13.0. The number of benzene rings is 1. The van der Waals surface area contributed by atoms with E-state index in [1.807, 2.05) is 0 Å². The molecule has 168 valence electrons. The average molecular weight is 410 g/mol. The molecule has 1 nitrogen and oxygen atoms in total. The average Bonchev–Trinajstić information content (AvgIpc) is 2.66. The predicted molar refractivity (Wildman–Crippen MR) is 133 cm³/mol. The number of aliphatic imine (C=N–C) groups is 1. The number of hydrogen-bond donors (Lipinski definition) is 0. The smallest absolute Gasteiger partial charge is 0.0500 e. The van der Waals surface area contributed by atoms with E-state index < -0.39 is 0 Å². The molecule has 0 N–H and O–H groups in total. The van der Waals surface area contributed by atoms with Crippen molar-refractivity contribution in [2.24, 2.45) is 22.2 Å². The molecule has 0 bridgehead atoms. The van der Waals surface area contributed by atoms with Gasteiger partial charge in [-0.25, -0.2) is 0 Å². The summed E-state index contributed by atoms with van der Waals surface area (Å²) in [4.78, 5) is 5.13. The van der Waals surface area contributed by atoms with Gasteiger partial charge in [-0.1, -0.05) is 84.9 Å². The molecular formula is C29H47N. The summed E-state index contributed by atoms with van der Waals surface area (Å²) in [5.74, 6) is 2.31. The fraction of sp³-hybridized carbons (Fsp3) is 0.759. The van der Waals surface area contributed by atoms with Crippen LogP contribution in [0.2, 0.25) is 0 Å². The summed E-state index contributed by atoms with van der Waals surface area (Å²) < 4.78 is 0. The molecule has 0 spiro atoms. The van der Waals surface area contributed by atoms with Crippen molar-refractivity contribution in [1.29, 1.82) is 0 Å². The second-order valence-corrected chi connectivity index (χ2v) is 11.7. The van der Waals surface area contributed by atoms with Crippen molar-refractivity contribution in [2.75, 3.05) is 0 Å². The molecule has 1 aromatic rings. The second-order valence-electron chi connectivity index (χ2n) is 11.7. The summed E-state index contributed by atoms with van der Waals surface area (Å²) >= 11 is 0. The molecule has 0 aliphatic heterocycles. The molecule has 3 rings (SSSR count). The minimum absolute atomic E-state index is 0.449. The summed E-state index contributed by atoms with van der Waals surface area (Å²) in [6.45, 7) is 11.9. The van der Waals surface area contributed by atoms with Gasteiger partial charge in [-0.05, 0) is 84.8 Å². The molecule has 2 fully saturated rings. The van der Waals surface area contributed by atoms with Crippen LogP contribution in [0.15, 0.2) is 23.2 Å². The Bertz CT molecular complexity index is 662. The van der Waals surface area contributed by atoms with Crippen LogP contribution in [-0.2, 0) is 6.42 Å². The molecule has 2 aliphatic rings. The van der Waals surface area contributed by atoms with E-state index >= 15 is 0 Å². The lowest BCUT2D eigenvalue weighted by Gasteiger charge is -2.35.